The van der Waals surface area contributed by atoms with Crippen molar-refractivity contribution in [1.82, 2.24) is 4.98 Å². The molecule has 0 saturated carbocycles. The first-order valence-corrected chi connectivity index (χ1v) is 12.5. The van der Waals surface area contributed by atoms with E-state index in [1.165, 1.54) is 30.6 Å². The maximum Gasteiger partial charge on any atom is 0.261 e. The number of para-hydroxylation sites is 1. The minimum Gasteiger partial charge on any atom is -0.497 e. The van der Waals surface area contributed by atoms with E-state index < -0.39 is 21.7 Å². The number of thiazole rings is 1. The minimum absolute atomic E-state index is 0.0722. The second kappa shape index (κ2) is 10.1. The molecule has 1 heterocycles. The molecular weight excluding hydrogens is 493 g/mol. The molecule has 11 heteroatoms. The lowest BCUT2D eigenvalue weighted by Gasteiger charge is -2.12. The standard InChI is InChI=1S/C24H20FN3O5S2/c1-32-16-9-12-18(22(13-16)33-2)21-14-34-24(26-21)27-23(29)19-5-3-4-6-20(19)28-35(30,31)17-10-7-15(25)8-11-17/h3-14,28H,1-2H3,(H,26,27,29). The van der Waals surface area contributed by atoms with Gasteiger partial charge in [0.1, 0.15) is 17.3 Å². The number of carbonyl (C=O) groups is 1. The number of nitrogens with zero attached hydrogens (tertiary/aromatic N) is 1. The Hall–Kier alpha value is -3.96. The van der Waals surface area contributed by atoms with Crippen LogP contribution in [0.15, 0.2) is 77.0 Å². The smallest absolute Gasteiger partial charge is 0.261 e. The van der Waals surface area contributed by atoms with E-state index in [1.807, 2.05) is 0 Å². The Bertz CT molecular complexity index is 1470. The zero-order valence-corrected chi connectivity index (χ0v) is 20.2. The van der Waals surface area contributed by atoms with Gasteiger partial charge < -0.3 is 9.47 Å². The van der Waals surface area contributed by atoms with Crippen LogP contribution in [0.1, 0.15) is 10.4 Å². The molecule has 35 heavy (non-hydrogen) atoms. The average molecular weight is 514 g/mol. The van der Waals surface area contributed by atoms with Crippen molar-refractivity contribution in [3.8, 4) is 22.8 Å². The molecule has 8 nitrogen and oxygen atoms in total. The summed E-state index contributed by atoms with van der Waals surface area (Å²) in [5.41, 5.74) is 1.48. The summed E-state index contributed by atoms with van der Waals surface area (Å²) < 4.78 is 51.6. The molecule has 0 radical (unpaired) electrons. The van der Waals surface area contributed by atoms with E-state index in [4.69, 9.17) is 9.47 Å². The van der Waals surface area contributed by atoms with Gasteiger partial charge in [-0.15, -0.1) is 11.3 Å². The van der Waals surface area contributed by atoms with E-state index in [1.54, 1.807) is 42.8 Å². The third-order valence-corrected chi connectivity index (χ3v) is 7.09. The highest BCUT2D eigenvalue weighted by Gasteiger charge is 2.20. The van der Waals surface area contributed by atoms with Crippen molar-refractivity contribution in [3.63, 3.8) is 0 Å². The number of amides is 1. The molecule has 2 N–H and O–H groups in total. The summed E-state index contributed by atoms with van der Waals surface area (Å²) in [5.74, 6) is 0.0888. The summed E-state index contributed by atoms with van der Waals surface area (Å²) in [5, 5.41) is 4.79. The van der Waals surface area contributed by atoms with Crippen molar-refractivity contribution < 1.29 is 27.1 Å². The van der Waals surface area contributed by atoms with Gasteiger partial charge in [-0.25, -0.2) is 17.8 Å². The number of hydrogen-bond donors (Lipinski definition) is 2. The van der Waals surface area contributed by atoms with Crippen LogP contribution in [0.25, 0.3) is 11.3 Å². The first kappa shape index (κ1) is 24.2. The van der Waals surface area contributed by atoms with Crippen LogP contribution in [0.2, 0.25) is 0 Å². The minimum atomic E-state index is -4.04. The lowest BCUT2D eigenvalue weighted by Crippen LogP contribution is -2.18. The predicted octanol–water partition coefficient (Wildman–Crippen LogP) is 5.02. The lowest BCUT2D eigenvalue weighted by molar-refractivity contribution is 0.102. The zero-order chi connectivity index (χ0) is 25.0. The molecule has 0 aliphatic rings. The molecule has 0 fully saturated rings. The van der Waals surface area contributed by atoms with Crippen LogP contribution in [-0.4, -0.2) is 33.5 Å². The van der Waals surface area contributed by atoms with Crippen molar-refractivity contribution in [2.75, 3.05) is 24.3 Å². The molecule has 180 valence electrons. The molecule has 0 unspecified atom stereocenters. The van der Waals surface area contributed by atoms with Gasteiger partial charge in [0.05, 0.1) is 36.1 Å². The molecule has 4 rings (SSSR count). The van der Waals surface area contributed by atoms with Crippen LogP contribution >= 0.6 is 11.3 Å². The summed E-state index contributed by atoms with van der Waals surface area (Å²) in [6, 6.07) is 15.8. The Morgan fingerprint density at radius 2 is 1.74 bits per heavy atom. The zero-order valence-electron chi connectivity index (χ0n) is 18.6. The molecule has 0 aliphatic carbocycles. The SMILES string of the molecule is COc1ccc(-c2csc(NC(=O)c3ccccc3NS(=O)(=O)c3ccc(F)cc3)n2)c(OC)c1. The maximum absolute atomic E-state index is 13.2. The fourth-order valence-corrected chi connectivity index (χ4v) is 5.00. The van der Waals surface area contributed by atoms with Crippen LogP contribution in [0, 0.1) is 5.82 Å². The first-order valence-electron chi connectivity index (χ1n) is 10.2. The number of halogens is 1. The van der Waals surface area contributed by atoms with E-state index in [9.17, 15) is 17.6 Å². The van der Waals surface area contributed by atoms with Crippen LogP contribution < -0.4 is 19.5 Å². The third-order valence-electron chi connectivity index (χ3n) is 4.95. The largest absolute Gasteiger partial charge is 0.497 e. The Labute approximate surface area is 205 Å². The third kappa shape index (κ3) is 5.42. The normalized spacial score (nSPS) is 11.1. The fraction of sp³-hybridized carbons (Fsp3) is 0.0833. The molecular formula is C24H20FN3O5S2. The first-order chi connectivity index (χ1) is 16.8. The average Bonchev–Trinajstić information content (AvgIpc) is 3.32. The number of methoxy groups -OCH3 is 2. The van der Waals surface area contributed by atoms with Gasteiger partial charge in [-0.2, -0.15) is 0 Å². The molecule has 0 atom stereocenters. The number of aromatic nitrogens is 1. The van der Waals surface area contributed by atoms with Gasteiger partial charge in [0.25, 0.3) is 15.9 Å². The van der Waals surface area contributed by atoms with Crippen LogP contribution in [0.5, 0.6) is 11.5 Å². The number of ether oxygens (including phenoxy) is 2. The summed E-state index contributed by atoms with van der Waals surface area (Å²) in [4.78, 5) is 17.3. The Morgan fingerprint density at radius 1 is 1.00 bits per heavy atom. The van der Waals surface area contributed by atoms with Gasteiger partial charge >= 0.3 is 0 Å². The number of rotatable bonds is 8. The molecule has 0 spiro atoms. The Kier molecular flexibility index (Phi) is 6.99. The molecule has 0 saturated heterocycles. The number of sulfonamides is 1. The van der Waals surface area contributed by atoms with Crippen LogP contribution in [-0.2, 0) is 10.0 Å². The summed E-state index contributed by atoms with van der Waals surface area (Å²) in [7, 11) is -0.941. The van der Waals surface area contributed by atoms with E-state index in [0.717, 1.165) is 29.8 Å². The highest BCUT2D eigenvalue weighted by Crippen LogP contribution is 2.35. The van der Waals surface area contributed by atoms with Crippen molar-refractivity contribution in [1.29, 1.82) is 0 Å². The number of anilines is 2. The fourth-order valence-electron chi connectivity index (χ4n) is 3.22. The highest BCUT2D eigenvalue weighted by atomic mass is 32.2. The predicted molar refractivity (Wildman–Crippen MR) is 132 cm³/mol. The summed E-state index contributed by atoms with van der Waals surface area (Å²) in [6.07, 6.45) is 0. The molecule has 0 bridgehead atoms. The van der Waals surface area contributed by atoms with Gasteiger partial charge in [-0.1, -0.05) is 12.1 Å². The van der Waals surface area contributed by atoms with Crippen molar-refractivity contribution in [2.24, 2.45) is 0 Å². The van der Waals surface area contributed by atoms with Crippen LogP contribution in [0.4, 0.5) is 15.2 Å². The molecule has 3 aromatic carbocycles. The number of hydrogen-bond acceptors (Lipinski definition) is 7. The summed E-state index contributed by atoms with van der Waals surface area (Å²) in [6.45, 7) is 0. The second-order valence-corrected chi connectivity index (χ2v) is 9.70. The van der Waals surface area contributed by atoms with Gasteiger partial charge in [-0.3, -0.25) is 14.8 Å². The topological polar surface area (TPSA) is 107 Å². The quantitative estimate of drug-likeness (QED) is 0.343. The van der Waals surface area contributed by atoms with E-state index >= 15 is 0 Å². The number of benzene rings is 3. The maximum atomic E-state index is 13.2. The van der Waals surface area contributed by atoms with E-state index in [0.29, 0.717) is 22.3 Å². The highest BCUT2D eigenvalue weighted by molar-refractivity contribution is 7.92. The van der Waals surface area contributed by atoms with Gasteiger partial charge in [0.15, 0.2) is 5.13 Å². The molecule has 4 aromatic rings. The van der Waals surface area contributed by atoms with Gasteiger partial charge in [0.2, 0.25) is 0 Å². The van der Waals surface area contributed by atoms with E-state index in [2.05, 4.69) is 15.0 Å². The molecule has 1 aromatic heterocycles. The lowest BCUT2D eigenvalue weighted by atomic mass is 10.1. The van der Waals surface area contributed by atoms with Crippen LogP contribution in [0.3, 0.4) is 0 Å². The number of nitrogens with one attached hydrogen (secondary N) is 2. The van der Waals surface area contributed by atoms with Crippen molar-refractivity contribution in [3.05, 3.63) is 83.5 Å². The van der Waals surface area contributed by atoms with Gasteiger partial charge in [0, 0.05) is 17.0 Å². The molecule has 0 aliphatic heterocycles. The van der Waals surface area contributed by atoms with Crippen molar-refractivity contribution in [2.45, 2.75) is 4.90 Å². The van der Waals surface area contributed by atoms with E-state index in [-0.39, 0.29) is 16.1 Å². The summed E-state index contributed by atoms with van der Waals surface area (Å²) >= 11 is 1.21. The molecule has 1 amide bonds. The van der Waals surface area contributed by atoms with Gasteiger partial charge in [-0.05, 0) is 48.5 Å². The number of carbonyl (C=O) groups excluding carboxylic acids is 1. The van der Waals surface area contributed by atoms with Crippen molar-refractivity contribution >= 4 is 38.1 Å². The second-order valence-electron chi connectivity index (χ2n) is 7.16. The monoisotopic (exact) mass is 513 g/mol. The Morgan fingerprint density at radius 3 is 2.46 bits per heavy atom. The Balaban J connectivity index is 1.55.